The zero-order valence-electron chi connectivity index (χ0n) is 22.5. The van der Waals surface area contributed by atoms with Crippen molar-refractivity contribution in [2.75, 3.05) is 26.4 Å². The normalized spacial score (nSPS) is 54.1. The van der Waals surface area contributed by atoms with E-state index < -0.39 is 136 Å². The van der Waals surface area contributed by atoms with Gasteiger partial charge in [0, 0.05) is 6.42 Å². The third-order valence-electron chi connectivity index (χ3n) is 8.43. The van der Waals surface area contributed by atoms with E-state index in [1.807, 2.05) is 0 Å². The maximum atomic E-state index is 12.6. The second kappa shape index (κ2) is 13.0. The number of hydrogen-bond donors (Lipinski definition) is 11. The van der Waals surface area contributed by atoms with Crippen molar-refractivity contribution in [1.29, 1.82) is 0 Å². The zero-order valence-corrected chi connectivity index (χ0v) is 22.5. The Hall–Kier alpha value is -1.05. The van der Waals surface area contributed by atoms with Crippen molar-refractivity contribution in [1.82, 2.24) is 0 Å². The molecule has 2 unspecified atom stereocenters. The van der Waals surface area contributed by atoms with Gasteiger partial charge in [-0.3, -0.25) is 4.79 Å². The van der Waals surface area contributed by atoms with E-state index in [-0.39, 0.29) is 13.0 Å². The van der Waals surface area contributed by atoms with E-state index in [0.717, 1.165) is 0 Å². The smallest absolute Gasteiger partial charge is 0.221 e. The van der Waals surface area contributed by atoms with Crippen LogP contribution in [-0.2, 0) is 38.0 Å². The third-order valence-corrected chi connectivity index (χ3v) is 8.43. The number of carbonyl (C=O) groups excluding carboxylic acids is 1. The highest BCUT2D eigenvalue weighted by Gasteiger charge is 2.68. The number of rotatable bonds is 8. The fourth-order valence-electron chi connectivity index (χ4n) is 5.67. The number of ether oxygens (including phenoxy) is 7. The second-order valence-electron chi connectivity index (χ2n) is 11.3. The van der Waals surface area contributed by atoms with E-state index in [2.05, 4.69) is 0 Å². The maximum absolute atomic E-state index is 12.6. The van der Waals surface area contributed by atoms with E-state index in [1.165, 1.54) is 0 Å². The lowest BCUT2D eigenvalue weighted by Gasteiger charge is -2.49. The standard InChI is InChI=1S/C24H38O19/c25-2-8-13(32)18(41-21-15(34)11(30)6(27)5-38-21)19(23(39-8)40-17-9(3-26)37-4-7(28)12(17)31)42-22-16(35)14(33)20(36)24(43-22)1-10(24)29/h6-14,16-23,25-33,35-36H,1-5H2/t6-,7+,8-,9-,10?,11+,12-,13-,14-,16-,17+,18+,19-,20+,21+,22-,23+,24?/m1/s1. The van der Waals surface area contributed by atoms with Crippen molar-refractivity contribution >= 4 is 5.78 Å². The predicted octanol–water partition coefficient (Wildman–Crippen LogP) is -8.08. The summed E-state index contributed by atoms with van der Waals surface area (Å²) in [6.45, 7) is -2.48. The Labute approximate surface area is 243 Å². The molecule has 1 spiro atoms. The van der Waals surface area contributed by atoms with Gasteiger partial charge < -0.3 is 89.3 Å². The molecule has 19 nitrogen and oxygen atoms in total. The quantitative estimate of drug-likeness (QED) is 0.119. The van der Waals surface area contributed by atoms with E-state index in [1.54, 1.807) is 0 Å². The molecule has 11 N–H and O–H groups in total. The molecule has 4 saturated heterocycles. The molecule has 5 aliphatic rings. The van der Waals surface area contributed by atoms with Gasteiger partial charge in [-0.2, -0.15) is 0 Å². The maximum Gasteiger partial charge on any atom is 0.221 e. The van der Waals surface area contributed by atoms with Crippen molar-refractivity contribution in [3.63, 3.8) is 0 Å². The van der Waals surface area contributed by atoms with Crippen LogP contribution >= 0.6 is 0 Å². The van der Waals surface area contributed by atoms with E-state index in [9.17, 15) is 61.0 Å². The second-order valence-corrected chi connectivity index (χ2v) is 11.3. The lowest BCUT2D eigenvalue weighted by Crippen LogP contribution is -2.68. The first-order valence-electron chi connectivity index (χ1n) is 13.8. The van der Waals surface area contributed by atoms with Crippen LogP contribution < -0.4 is 0 Å². The Morgan fingerprint density at radius 3 is 1.95 bits per heavy atom. The van der Waals surface area contributed by atoms with E-state index >= 15 is 0 Å². The minimum absolute atomic E-state index is 0.139. The summed E-state index contributed by atoms with van der Waals surface area (Å²) in [6, 6.07) is 0. The summed E-state index contributed by atoms with van der Waals surface area (Å²) in [4.78, 5) is 12.6. The van der Waals surface area contributed by atoms with Crippen molar-refractivity contribution in [2.45, 2.75) is 116 Å². The number of carbonyl (C=O) groups is 1. The highest BCUT2D eigenvalue weighted by molar-refractivity contribution is 5.87. The molecular formula is C24H38O19. The average Bonchev–Trinajstić information content (AvgIpc) is 3.64. The van der Waals surface area contributed by atoms with Crippen LogP contribution in [0.15, 0.2) is 0 Å². The number of Topliss-reactive ketones (excluding diaryl/α,β-unsaturated/α-hetero) is 1. The molecule has 4 heterocycles. The van der Waals surface area contributed by atoms with Gasteiger partial charge in [-0.1, -0.05) is 0 Å². The van der Waals surface area contributed by atoms with Crippen LogP contribution in [0.25, 0.3) is 0 Å². The Morgan fingerprint density at radius 2 is 1.33 bits per heavy atom. The molecule has 248 valence electrons. The van der Waals surface area contributed by atoms with Crippen LogP contribution in [-0.4, -0.2) is 198 Å². The summed E-state index contributed by atoms with van der Waals surface area (Å²) >= 11 is 0. The number of ketones is 1. The SMILES string of the molecule is O=C1[C@H](O[C@H]2[C@H](O)[C@@H](CO)O[C@@H](O[C@@H]3[C@H](O)[C@@H](O)CO[C@@H]3CO)[C@@H]2O[C@@H]2OC3(CC3O)[C@@H](O)[C@H](O)[C@H]2O)OC[C@@H](O)[C@@H]1O. The molecule has 4 aliphatic heterocycles. The van der Waals surface area contributed by atoms with Gasteiger partial charge in [0.25, 0.3) is 0 Å². The highest BCUT2D eigenvalue weighted by Crippen LogP contribution is 2.49. The summed E-state index contributed by atoms with van der Waals surface area (Å²) in [5.41, 5.74) is -1.72. The molecule has 0 amide bonds. The van der Waals surface area contributed by atoms with Gasteiger partial charge in [-0.05, 0) is 0 Å². The van der Waals surface area contributed by atoms with E-state index in [4.69, 9.17) is 33.2 Å². The largest absolute Gasteiger partial charge is 0.394 e. The fraction of sp³-hybridized carbons (Fsp3) is 0.958. The van der Waals surface area contributed by atoms with Crippen LogP contribution in [0.5, 0.6) is 0 Å². The van der Waals surface area contributed by atoms with Crippen molar-refractivity contribution in [3.8, 4) is 0 Å². The van der Waals surface area contributed by atoms with Crippen molar-refractivity contribution < 1.29 is 94.1 Å². The summed E-state index contributed by atoms with van der Waals surface area (Å²) in [6.07, 6.45) is -28.9. The van der Waals surface area contributed by atoms with Gasteiger partial charge >= 0.3 is 0 Å². The molecule has 5 fully saturated rings. The van der Waals surface area contributed by atoms with Gasteiger partial charge in [-0.15, -0.1) is 0 Å². The van der Waals surface area contributed by atoms with Crippen LogP contribution in [0.4, 0.5) is 0 Å². The van der Waals surface area contributed by atoms with Gasteiger partial charge in [0.1, 0.15) is 85.0 Å². The summed E-state index contributed by atoms with van der Waals surface area (Å²) in [5.74, 6) is -1.14. The molecular weight excluding hydrogens is 592 g/mol. The topological polar surface area (TPSA) is 304 Å². The van der Waals surface area contributed by atoms with E-state index in [0.29, 0.717) is 0 Å². The molecule has 0 aromatic carbocycles. The molecule has 0 bridgehead atoms. The molecule has 1 aliphatic carbocycles. The highest BCUT2D eigenvalue weighted by atomic mass is 16.8. The Morgan fingerprint density at radius 1 is 0.698 bits per heavy atom. The first-order valence-corrected chi connectivity index (χ1v) is 13.8. The Bertz CT molecular complexity index is 971. The van der Waals surface area contributed by atoms with Crippen LogP contribution in [0, 0.1) is 0 Å². The van der Waals surface area contributed by atoms with Crippen LogP contribution in [0.3, 0.4) is 0 Å². The van der Waals surface area contributed by atoms with Crippen molar-refractivity contribution in [3.05, 3.63) is 0 Å². The molecule has 0 aromatic rings. The number of hydrogen-bond acceptors (Lipinski definition) is 19. The molecule has 43 heavy (non-hydrogen) atoms. The minimum Gasteiger partial charge on any atom is -0.394 e. The first-order chi connectivity index (χ1) is 20.3. The molecule has 1 saturated carbocycles. The Balaban J connectivity index is 1.47. The average molecular weight is 631 g/mol. The lowest BCUT2D eigenvalue weighted by atomic mass is 9.95. The van der Waals surface area contributed by atoms with Crippen LogP contribution in [0.2, 0.25) is 0 Å². The number of aliphatic hydroxyl groups excluding tert-OH is 11. The fourth-order valence-corrected chi connectivity index (χ4v) is 5.67. The molecule has 19 heteroatoms. The van der Waals surface area contributed by atoms with Gasteiger partial charge in [0.15, 0.2) is 12.6 Å². The van der Waals surface area contributed by atoms with Crippen LogP contribution in [0.1, 0.15) is 6.42 Å². The summed E-state index contributed by atoms with van der Waals surface area (Å²) in [7, 11) is 0. The molecule has 18 atom stereocenters. The molecule has 5 rings (SSSR count). The zero-order chi connectivity index (χ0) is 31.4. The number of aliphatic hydroxyl groups is 11. The third kappa shape index (κ3) is 6.10. The monoisotopic (exact) mass is 630 g/mol. The lowest BCUT2D eigenvalue weighted by molar-refractivity contribution is -0.393. The summed E-state index contributed by atoms with van der Waals surface area (Å²) < 4.78 is 39.2. The van der Waals surface area contributed by atoms with Crippen molar-refractivity contribution in [2.24, 2.45) is 0 Å². The predicted molar refractivity (Wildman–Crippen MR) is 128 cm³/mol. The van der Waals surface area contributed by atoms with Gasteiger partial charge in [0.05, 0.1) is 32.5 Å². The molecule has 0 aromatic heterocycles. The minimum atomic E-state index is -1.97. The molecule has 0 radical (unpaired) electrons. The first kappa shape index (κ1) is 33.3. The van der Waals surface area contributed by atoms with Gasteiger partial charge in [-0.25, -0.2) is 0 Å². The Kier molecular flexibility index (Phi) is 10.1. The summed E-state index contributed by atoms with van der Waals surface area (Å²) in [5, 5.41) is 113. The van der Waals surface area contributed by atoms with Gasteiger partial charge in [0.2, 0.25) is 12.1 Å².